The molecule has 0 aromatic carbocycles. The molecule has 0 saturated carbocycles. The Morgan fingerprint density at radius 3 is 1.73 bits per heavy atom. The number of rotatable bonds is 8. The van der Waals surface area contributed by atoms with Gasteiger partial charge in [0.25, 0.3) is 0 Å². The first-order valence-corrected chi connectivity index (χ1v) is 10.4. The molecule has 0 aliphatic carbocycles. The van der Waals surface area contributed by atoms with E-state index in [1.165, 1.54) is 19.0 Å². The third-order valence-electron chi connectivity index (χ3n) is 2.87. The largest absolute Gasteiger partial charge is 0.312 e. The van der Waals surface area contributed by atoms with Crippen molar-refractivity contribution in [1.82, 2.24) is 5.32 Å². The van der Waals surface area contributed by atoms with Crippen LogP contribution < -0.4 is 5.32 Å². The van der Waals surface area contributed by atoms with Crippen molar-refractivity contribution in [3.63, 3.8) is 0 Å². The van der Waals surface area contributed by atoms with Gasteiger partial charge in [-0.25, -0.2) is 0 Å². The highest BCUT2D eigenvalue weighted by Crippen LogP contribution is 2.31. The molecule has 0 rings (SSSR count). The Hall–Kier alpha value is -0.120. The third kappa shape index (κ3) is 28.1. The molecule has 0 aliphatic rings. The molecule has 0 saturated heterocycles. The van der Waals surface area contributed by atoms with Gasteiger partial charge in [0.2, 0.25) is 0 Å². The summed E-state index contributed by atoms with van der Waals surface area (Å²) in [6, 6.07) is 3.47. The highest BCUT2D eigenvalue weighted by molar-refractivity contribution is 7.38. The molecular weight excluding hydrogens is 287 g/mol. The van der Waals surface area contributed by atoms with Gasteiger partial charge in [-0.3, -0.25) is 0 Å². The van der Waals surface area contributed by atoms with Crippen LogP contribution in [0, 0.1) is 22.7 Å². The Kier molecular flexibility index (Phi) is 21.0. The van der Waals surface area contributed by atoms with Gasteiger partial charge in [-0.2, -0.15) is 5.26 Å². The first-order valence-electron chi connectivity index (χ1n) is 8.94. The minimum atomic E-state index is 0.444. The summed E-state index contributed by atoms with van der Waals surface area (Å²) in [6.07, 6.45) is 4.56. The van der Waals surface area contributed by atoms with Crippen molar-refractivity contribution < 1.29 is 0 Å². The van der Waals surface area contributed by atoms with Crippen LogP contribution >= 0.6 is 8.58 Å². The molecule has 1 atom stereocenters. The minimum Gasteiger partial charge on any atom is -0.312 e. The van der Waals surface area contributed by atoms with Gasteiger partial charge in [-0.15, -0.1) is 8.58 Å². The van der Waals surface area contributed by atoms with Crippen LogP contribution in [0.3, 0.4) is 0 Å². The standard InChI is InChI=1S/C11H22NP.C6H15N.C2H6/c1-10(2)5-6-11(3,4)9-13-8-7-12;1-5(2)7-6(3)4;1-2/h10,13H,5-6,8-9H2,1-4H3;5-7H,1-4H3;1-2H3. The van der Waals surface area contributed by atoms with Gasteiger partial charge < -0.3 is 5.32 Å². The molecule has 0 spiro atoms. The summed E-state index contributed by atoms with van der Waals surface area (Å²) >= 11 is 0. The van der Waals surface area contributed by atoms with Crippen LogP contribution in [0.15, 0.2) is 0 Å². The quantitative estimate of drug-likeness (QED) is 0.433. The maximum atomic E-state index is 8.44. The van der Waals surface area contributed by atoms with Crippen LogP contribution in [0.5, 0.6) is 0 Å². The molecule has 0 amide bonds. The van der Waals surface area contributed by atoms with E-state index >= 15 is 0 Å². The molecule has 1 N–H and O–H groups in total. The van der Waals surface area contributed by atoms with E-state index in [9.17, 15) is 0 Å². The van der Waals surface area contributed by atoms with Crippen LogP contribution in [0.25, 0.3) is 0 Å². The number of nitrogens with zero attached hydrogens (tertiary/aromatic N) is 1. The highest BCUT2D eigenvalue weighted by atomic mass is 31.1. The molecule has 0 aliphatic heterocycles. The van der Waals surface area contributed by atoms with Crippen molar-refractivity contribution in [2.24, 2.45) is 11.3 Å². The van der Waals surface area contributed by atoms with Crippen LogP contribution in [0.4, 0.5) is 0 Å². The second-order valence-corrected chi connectivity index (χ2v) is 8.54. The lowest BCUT2D eigenvalue weighted by Crippen LogP contribution is -2.29. The number of hydrogen-bond acceptors (Lipinski definition) is 2. The Balaban J connectivity index is -0.000000339. The van der Waals surface area contributed by atoms with Gasteiger partial charge in [-0.1, -0.05) is 75.7 Å². The lowest BCUT2D eigenvalue weighted by Gasteiger charge is -2.24. The van der Waals surface area contributed by atoms with Crippen molar-refractivity contribution in [1.29, 1.82) is 5.26 Å². The smallest absolute Gasteiger partial charge is 0.0665 e. The van der Waals surface area contributed by atoms with E-state index in [0.29, 0.717) is 17.5 Å². The predicted octanol–water partition coefficient (Wildman–Crippen LogP) is 6.07. The third-order valence-corrected chi connectivity index (χ3v) is 4.49. The van der Waals surface area contributed by atoms with Gasteiger partial charge >= 0.3 is 0 Å². The van der Waals surface area contributed by atoms with E-state index in [2.05, 4.69) is 66.8 Å². The summed E-state index contributed by atoms with van der Waals surface area (Å²) in [6.45, 7) is 21.8. The molecule has 0 bridgehead atoms. The maximum absolute atomic E-state index is 8.44. The van der Waals surface area contributed by atoms with Gasteiger partial charge in [0.15, 0.2) is 0 Å². The molecule has 3 heteroatoms. The lowest BCUT2D eigenvalue weighted by molar-refractivity contribution is 0.344. The van der Waals surface area contributed by atoms with Crippen molar-refractivity contribution in [2.75, 3.05) is 12.3 Å². The average molecular weight is 331 g/mol. The van der Waals surface area contributed by atoms with Crippen LogP contribution in [-0.4, -0.2) is 24.4 Å². The van der Waals surface area contributed by atoms with Crippen molar-refractivity contribution >= 4 is 8.58 Å². The fourth-order valence-electron chi connectivity index (χ4n) is 1.89. The number of hydrogen-bond donors (Lipinski definition) is 1. The van der Waals surface area contributed by atoms with E-state index < -0.39 is 0 Å². The fraction of sp³-hybridized carbons (Fsp3) is 0.947. The summed E-state index contributed by atoms with van der Waals surface area (Å²) in [4.78, 5) is 0. The Bertz CT molecular complexity index is 247. The van der Waals surface area contributed by atoms with E-state index in [4.69, 9.17) is 5.26 Å². The van der Waals surface area contributed by atoms with Gasteiger partial charge in [0.05, 0.1) is 12.2 Å². The van der Waals surface area contributed by atoms with Crippen molar-refractivity contribution in [2.45, 2.75) is 94.2 Å². The SMILES string of the molecule is CC.CC(C)CCC(C)(C)CPCC#N.CC(C)NC(C)C. The Morgan fingerprint density at radius 2 is 1.45 bits per heavy atom. The first kappa shape index (κ1) is 26.8. The molecule has 22 heavy (non-hydrogen) atoms. The molecule has 134 valence electrons. The molecular formula is C19H43N2P. The summed E-state index contributed by atoms with van der Waals surface area (Å²) in [5, 5.41) is 11.7. The zero-order valence-corrected chi connectivity index (χ0v) is 18.0. The van der Waals surface area contributed by atoms with Crippen LogP contribution in [0.1, 0.15) is 82.1 Å². The van der Waals surface area contributed by atoms with Gasteiger partial charge in [-0.05, 0) is 23.9 Å². The molecule has 0 aromatic rings. The molecule has 0 radical (unpaired) electrons. The zero-order valence-electron chi connectivity index (χ0n) is 17.0. The molecule has 0 heterocycles. The first-order chi connectivity index (χ1) is 10.1. The maximum Gasteiger partial charge on any atom is 0.0665 e. The topological polar surface area (TPSA) is 35.8 Å². The number of nitriles is 1. The summed E-state index contributed by atoms with van der Waals surface area (Å²) < 4.78 is 0. The summed E-state index contributed by atoms with van der Waals surface area (Å²) in [5.41, 5.74) is 0.444. The lowest BCUT2D eigenvalue weighted by atomic mass is 9.87. The van der Waals surface area contributed by atoms with Crippen LogP contribution in [0.2, 0.25) is 0 Å². The monoisotopic (exact) mass is 330 g/mol. The molecule has 0 fully saturated rings. The van der Waals surface area contributed by atoms with E-state index in [-0.39, 0.29) is 0 Å². The minimum absolute atomic E-state index is 0.444. The molecule has 2 nitrogen and oxygen atoms in total. The second-order valence-electron chi connectivity index (χ2n) is 7.33. The predicted molar refractivity (Wildman–Crippen MR) is 106 cm³/mol. The van der Waals surface area contributed by atoms with E-state index in [1.54, 1.807) is 0 Å². The van der Waals surface area contributed by atoms with Gasteiger partial charge in [0.1, 0.15) is 0 Å². The Morgan fingerprint density at radius 1 is 1.00 bits per heavy atom. The zero-order chi connectivity index (χ0) is 18.2. The van der Waals surface area contributed by atoms with E-state index in [1.807, 2.05) is 13.8 Å². The van der Waals surface area contributed by atoms with E-state index in [0.717, 1.165) is 20.7 Å². The van der Waals surface area contributed by atoms with Crippen LogP contribution in [-0.2, 0) is 0 Å². The van der Waals surface area contributed by atoms with Gasteiger partial charge in [0, 0.05) is 12.1 Å². The Labute approximate surface area is 143 Å². The summed E-state index contributed by atoms with van der Waals surface area (Å²) in [5.74, 6) is 0.804. The van der Waals surface area contributed by atoms with Crippen molar-refractivity contribution in [3.8, 4) is 6.07 Å². The molecule has 1 unspecified atom stereocenters. The summed E-state index contributed by atoms with van der Waals surface area (Å²) in [7, 11) is 0.826. The average Bonchev–Trinajstić information content (AvgIpc) is 2.38. The van der Waals surface area contributed by atoms with Crippen molar-refractivity contribution in [3.05, 3.63) is 0 Å². The molecule has 0 aromatic heterocycles. The number of nitrogens with one attached hydrogen (secondary N) is 1. The fourth-order valence-corrected chi connectivity index (χ4v) is 2.98. The second kappa shape index (κ2) is 17.2. The highest BCUT2D eigenvalue weighted by Gasteiger charge is 2.17. The normalized spacial score (nSPS) is 11.3.